The number of aromatic nitrogens is 1. The summed E-state index contributed by atoms with van der Waals surface area (Å²) < 4.78 is 5.09. The fraction of sp³-hybridized carbons (Fsp3) is 0.667. The Morgan fingerprint density at radius 1 is 1.30 bits per heavy atom. The molecule has 0 N–H and O–H groups in total. The molecule has 23 heavy (non-hydrogen) atoms. The molecule has 0 radical (unpaired) electrons. The Kier molecular flexibility index (Phi) is 3.38. The van der Waals surface area contributed by atoms with E-state index in [0.29, 0.717) is 17.7 Å². The van der Waals surface area contributed by atoms with E-state index in [9.17, 15) is 4.79 Å². The second-order valence-corrected chi connectivity index (χ2v) is 8.62. The summed E-state index contributed by atoms with van der Waals surface area (Å²) in [6, 6.07) is 3.68. The van der Waals surface area contributed by atoms with Crippen molar-refractivity contribution in [3.05, 3.63) is 18.3 Å². The lowest BCUT2D eigenvalue weighted by molar-refractivity contribution is -0.141. The average Bonchev–Trinajstić information content (AvgIpc) is 2.51. The molecule has 1 heterocycles. The first kappa shape index (κ1) is 15.3. The molecule has 4 fully saturated rings. The number of hydrogen-bond acceptors (Lipinski definition) is 3. The van der Waals surface area contributed by atoms with Gasteiger partial charge in [0.1, 0.15) is 0 Å². The van der Waals surface area contributed by atoms with E-state index < -0.39 is 0 Å². The highest BCUT2D eigenvalue weighted by atomic mass is 35.5. The Balaban J connectivity index is 1.60. The van der Waals surface area contributed by atoms with Gasteiger partial charge in [0.25, 0.3) is 0 Å². The number of methoxy groups -OCH3 is 1. The van der Waals surface area contributed by atoms with Crippen molar-refractivity contribution >= 4 is 23.2 Å². The highest BCUT2D eigenvalue weighted by Gasteiger charge is 2.60. The average molecular weight is 335 g/mol. The molecule has 2 atom stereocenters. The van der Waals surface area contributed by atoms with Crippen LogP contribution in [0.15, 0.2) is 18.3 Å². The predicted molar refractivity (Wildman–Crippen MR) is 89.9 cm³/mol. The molecule has 4 bridgehead atoms. The van der Waals surface area contributed by atoms with Gasteiger partial charge in [0.15, 0.2) is 0 Å². The summed E-state index contributed by atoms with van der Waals surface area (Å²) in [5.41, 5.74) is 0.552. The molecule has 4 aliphatic rings. The third-order valence-electron chi connectivity index (χ3n) is 6.07. The van der Waals surface area contributed by atoms with Gasteiger partial charge in [-0.15, -0.1) is 11.6 Å². The fourth-order valence-corrected chi connectivity index (χ4v) is 6.26. The lowest BCUT2D eigenvalue weighted by Gasteiger charge is -2.59. The van der Waals surface area contributed by atoms with Gasteiger partial charge in [0.2, 0.25) is 11.8 Å². The second-order valence-electron chi connectivity index (χ2n) is 7.82. The van der Waals surface area contributed by atoms with Crippen molar-refractivity contribution in [1.82, 2.24) is 4.98 Å². The normalized spacial score (nSPS) is 37.7. The van der Waals surface area contributed by atoms with E-state index in [1.165, 1.54) is 6.42 Å². The summed E-state index contributed by atoms with van der Waals surface area (Å²) >= 11 is 6.86. The third-order valence-corrected chi connectivity index (χ3v) is 6.51. The molecule has 5 rings (SSSR count). The lowest BCUT2D eigenvalue weighted by Crippen LogP contribution is -2.58. The van der Waals surface area contributed by atoms with Crippen LogP contribution in [0.4, 0.5) is 5.69 Å². The topological polar surface area (TPSA) is 42.4 Å². The maximum absolute atomic E-state index is 13.3. The van der Waals surface area contributed by atoms with Crippen LogP contribution in [0.3, 0.4) is 0 Å². The molecule has 0 aromatic carbocycles. The van der Waals surface area contributed by atoms with E-state index in [0.717, 1.165) is 37.8 Å². The van der Waals surface area contributed by atoms with Crippen LogP contribution in [0.2, 0.25) is 0 Å². The highest BCUT2D eigenvalue weighted by molar-refractivity contribution is 6.24. The van der Waals surface area contributed by atoms with E-state index in [2.05, 4.69) is 4.98 Å². The van der Waals surface area contributed by atoms with Gasteiger partial charge in [0, 0.05) is 18.0 Å². The minimum Gasteiger partial charge on any atom is -0.481 e. The predicted octanol–water partition coefficient (Wildman–Crippen LogP) is 3.63. The van der Waals surface area contributed by atoms with Gasteiger partial charge < -0.3 is 9.64 Å². The van der Waals surface area contributed by atoms with E-state index in [1.807, 2.05) is 13.1 Å². The molecule has 4 saturated carbocycles. The Hall–Kier alpha value is -1.29. The van der Waals surface area contributed by atoms with Crippen molar-refractivity contribution in [1.29, 1.82) is 0 Å². The zero-order valence-electron chi connectivity index (χ0n) is 13.7. The zero-order valence-corrected chi connectivity index (χ0v) is 14.5. The van der Waals surface area contributed by atoms with Crippen LogP contribution in [0.5, 0.6) is 5.88 Å². The van der Waals surface area contributed by atoms with Gasteiger partial charge >= 0.3 is 0 Å². The molecule has 1 aromatic rings. The van der Waals surface area contributed by atoms with E-state index in [4.69, 9.17) is 16.3 Å². The Labute approximate surface area is 142 Å². The molecular weight excluding hydrogens is 312 g/mol. The van der Waals surface area contributed by atoms with Crippen LogP contribution in [0.1, 0.15) is 38.5 Å². The molecule has 0 aliphatic heterocycles. The number of nitrogens with zero attached hydrogens (tertiary/aromatic N) is 2. The number of anilines is 1. The molecule has 0 unspecified atom stereocenters. The Bertz CT molecular complexity index is 616. The van der Waals surface area contributed by atoms with Gasteiger partial charge in [0.05, 0.1) is 24.4 Å². The van der Waals surface area contributed by atoms with E-state index in [-0.39, 0.29) is 16.2 Å². The molecule has 0 spiro atoms. The first-order valence-corrected chi connectivity index (χ1v) is 8.78. The number of alkyl halides is 1. The summed E-state index contributed by atoms with van der Waals surface area (Å²) in [7, 11) is 3.44. The standard InChI is InChI=1S/C18H23ClN2O2/c1-21(14-3-4-15(23-2)20-10-14)16(22)17-6-12-5-13(7-17)9-18(19,8-12)11-17/h3-4,10,12-13H,5-9,11H2,1-2H3/t12-,13-,17?,18?/m1/s1. The smallest absolute Gasteiger partial charge is 0.233 e. The largest absolute Gasteiger partial charge is 0.481 e. The zero-order chi connectivity index (χ0) is 16.2. The van der Waals surface area contributed by atoms with Crippen molar-refractivity contribution in [2.45, 2.75) is 43.4 Å². The molecule has 4 aliphatic carbocycles. The maximum Gasteiger partial charge on any atom is 0.233 e. The molecule has 1 aromatic heterocycles. The molecular formula is C18H23ClN2O2. The summed E-state index contributed by atoms with van der Waals surface area (Å²) in [6.07, 6.45) is 7.99. The van der Waals surface area contributed by atoms with E-state index in [1.54, 1.807) is 24.3 Å². The third kappa shape index (κ3) is 2.42. The molecule has 0 saturated heterocycles. The van der Waals surface area contributed by atoms with Crippen molar-refractivity contribution in [3.63, 3.8) is 0 Å². The number of pyridine rings is 1. The number of halogens is 1. The first-order chi connectivity index (χ1) is 10.9. The van der Waals surface area contributed by atoms with Crippen LogP contribution < -0.4 is 9.64 Å². The summed E-state index contributed by atoms with van der Waals surface area (Å²) in [5, 5.41) is 0. The number of ether oxygens (including phenoxy) is 1. The Morgan fingerprint density at radius 2 is 2.00 bits per heavy atom. The van der Waals surface area contributed by atoms with Gasteiger partial charge in [-0.05, 0) is 56.4 Å². The van der Waals surface area contributed by atoms with Crippen molar-refractivity contribution < 1.29 is 9.53 Å². The number of rotatable bonds is 3. The molecule has 4 nitrogen and oxygen atoms in total. The number of hydrogen-bond donors (Lipinski definition) is 0. The Morgan fingerprint density at radius 3 is 2.52 bits per heavy atom. The van der Waals surface area contributed by atoms with Gasteiger partial charge in [-0.1, -0.05) is 0 Å². The van der Waals surface area contributed by atoms with Crippen molar-refractivity contribution in [3.8, 4) is 5.88 Å². The first-order valence-electron chi connectivity index (χ1n) is 8.40. The summed E-state index contributed by atoms with van der Waals surface area (Å²) in [5.74, 6) is 2.02. The maximum atomic E-state index is 13.3. The number of amides is 1. The van der Waals surface area contributed by atoms with Crippen molar-refractivity contribution in [2.24, 2.45) is 17.3 Å². The summed E-state index contributed by atoms with van der Waals surface area (Å²) in [4.78, 5) is 19.1. The highest BCUT2D eigenvalue weighted by Crippen LogP contribution is 2.64. The number of carbonyl (C=O) groups excluding carboxylic acids is 1. The molecule has 124 valence electrons. The van der Waals surface area contributed by atoms with Crippen molar-refractivity contribution in [2.75, 3.05) is 19.1 Å². The van der Waals surface area contributed by atoms with Crippen LogP contribution in [-0.4, -0.2) is 29.9 Å². The quantitative estimate of drug-likeness (QED) is 0.793. The van der Waals surface area contributed by atoms with Crippen LogP contribution in [0.25, 0.3) is 0 Å². The lowest BCUT2D eigenvalue weighted by atomic mass is 9.49. The van der Waals surface area contributed by atoms with Gasteiger partial charge in [-0.25, -0.2) is 4.98 Å². The monoisotopic (exact) mass is 334 g/mol. The summed E-state index contributed by atoms with van der Waals surface area (Å²) in [6.45, 7) is 0. The second kappa shape index (κ2) is 5.10. The molecule has 5 heteroatoms. The van der Waals surface area contributed by atoms with Crippen LogP contribution in [-0.2, 0) is 4.79 Å². The van der Waals surface area contributed by atoms with Crippen LogP contribution in [0, 0.1) is 17.3 Å². The van der Waals surface area contributed by atoms with Gasteiger partial charge in [-0.3, -0.25) is 4.79 Å². The minimum absolute atomic E-state index is 0.140. The van der Waals surface area contributed by atoms with E-state index >= 15 is 0 Å². The minimum atomic E-state index is -0.263. The fourth-order valence-electron chi connectivity index (χ4n) is 5.57. The van der Waals surface area contributed by atoms with Gasteiger partial charge in [-0.2, -0.15) is 0 Å². The SMILES string of the molecule is COc1ccc(N(C)C(=O)C23C[C@H]4C[C@@H](CC(Cl)(C4)C2)C3)cn1. The molecule has 1 amide bonds. The van der Waals surface area contributed by atoms with Crippen LogP contribution >= 0.6 is 11.6 Å². The number of carbonyl (C=O) groups is 1.